The summed E-state index contributed by atoms with van der Waals surface area (Å²) in [6, 6.07) is 33.2. The Morgan fingerprint density at radius 3 is 1.25 bits per heavy atom. The molecule has 3 heteroatoms. The number of allylic oxidation sites excluding steroid dienone is 2. The molecule has 0 radical (unpaired) electrons. The number of fused-ring (bicyclic) bond motifs is 2. The van der Waals surface area contributed by atoms with Crippen LogP contribution < -0.4 is 24.8 Å². The molecular formula is C41H44Cl2Zr. The molecule has 4 aromatic rings. The summed E-state index contributed by atoms with van der Waals surface area (Å²) in [5.41, 5.74) is 18.3. The zero-order valence-electron chi connectivity index (χ0n) is 26.6. The van der Waals surface area contributed by atoms with E-state index in [4.69, 9.17) is 0 Å². The second kappa shape index (κ2) is 13.7. The van der Waals surface area contributed by atoms with Gasteiger partial charge < -0.3 is 24.8 Å². The van der Waals surface area contributed by atoms with E-state index in [0.29, 0.717) is 7.25 Å². The Morgan fingerprint density at radius 1 is 0.523 bits per heavy atom. The standard InChI is InChI=1S/2C19H19.C3H6.2ClH.Zr/c2*1-3-14-8-10-16(11-9-14)18-7-5-6-17-12-15(4-2)13-19(17)18;1-3-2;;;/h2*5-13H,3-4H2,1-2H3;1-3H2;2*1H;/q;;;;;+2/p-2. The van der Waals surface area contributed by atoms with Crippen molar-refractivity contribution >= 4 is 12.2 Å². The molecule has 7 rings (SSSR count). The molecule has 2 unspecified atom stereocenters. The van der Waals surface area contributed by atoms with Crippen molar-refractivity contribution in [3.8, 4) is 22.3 Å². The summed E-state index contributed by atoms with van der Waals surface area (Å²) >= 11 is -2.79. The Hall–Kier alpha value is -2.18. The van der Waals surface area contributed by atoms with Crippen LogP contribution in [0.2, 0.25) is 8.26 Å². The van der Waals surface area contributed by atoms with E-state index in [-0.39, 0.29) is 24.8 Å². The molecule has 0 nitrogen and oxygen atoms in total. The molecule has 0 N–H and O–H groups in total. The maximum atomic E-state index is 2.64. The van der Waals surface area contributed by atoms with E-state index in [1.807, 2.05) is 0 Å². The van der Waals surface area contributed by atoms with Crippen molar-refractivity contribution < 1.29 is 45.1 Å². The van der Waals surface area contributed by atoms with Gasteiger partial charge in [-0.05, 0) is 0 Å². The van der Waals surface area contributed by atoms with Crippen LogP contribution in [0.1, 0.15) is 87.6 Å². The molecule has 3 aliphatic rings. The fourth-order valence-electron chi connectivity index (χ4n) is 8.57. The first-order valence-electron chi connectivity index (χ1n) is 16.5. The fourth-order valence-corrected chi connectivity index (χ4v) is 24.4. The van der Waals surface area contributed by atoms with E-state index in [1.54, 1.807) is 22.3 Å². The van der Waals surface area contributed by atoms with Crippen LogP contribution in [0.15, 0.2) is 96.1 Å². The molecule has 0 bridgehead atoms. The quantitative estimate of drug-likeness (QED) is 0.214. The number of hydrogen-bond donors (Lipinski definition) is 0. The van der Waals surface area contributed by atoms with Crippen LogP contribution in [0.3, 0.4) is 0 Å². The van der Waals surface area contributed by atoms with Gasteiger partial charge in [-0.1, -0.05) is 0 Å². The molecule has 1 aliphatic heterocycles. The molecule has 0 amide bonds. The molecule has 1 saturated heterocycles. The van der Waals surface area contributed by atoms with Gasteiger partial charge in [0.15, 0.2) is 0 Å². The molecule has 1 heterocycles. The number of rotatable bonds is 8. The molecule has 0 saturated carbocycles. The predicted molar refractivity (Wildman–Crippen MR) is 179 cm³/mol. The topological polar surface area (TPSA) is 0 Å². The van der Waals surface area contributed by atoms with E-state index >= 15 is 0 Å². The van der Waals surface area contributed by atoms with Crippen LogP contribution in [0.25, 0.3) is 34.4 Å². The Morgan fingerprint density at radius 2 is 0.932 bits per heavy atom. The maximum Gasteiger partial charge on any atom is -1.00 e. The van der Waals surface area contributed by atoms with Gasteiger partial charge in [0.1, 0.15) is 0 Å². The van der Waals surface area contributed by atoms with E-state index in [9.17, 15) is 0 Å². The van der Waals surface area contributed by atoms with Gasteiger partial charge in [0, 0.05) is 0 Å². The summed E-state index contributed by atoms with van der Waals surface area (Å²) in [5.74, 6) is 0. The molecule has 226 valence electrons. The SMILES string of the molecule is CCC1=Cc2c(-c3ccc(CC)cc3)cccc2[CH]1[Zr+2]1([CH]2C(CC)=Cc3c(-c4ccc(CC)cc4)cccc32)[CH2]C[CH2]1.[Cl-].[Cl-]. The average molecular weight is 699 g/mol. The van der Waals surface area contributed by atoms with E-state index in [2.05, 4.69) is 125 Å². The van der Waals surface area contributed by atoms with Gasteiger partial charge in [-0.2, -0.15) is 0 Å². The fraction of sp³-hybridized carbons (Fsp3) is 0.317. The molecule has 4 aromatic carbocycles. The van der Waals surface area contributed by atoms with Crippen molar-refractivity contribution in [3.63, 3.8) is 0 Å². The summed E-state index contributed by atoms with van der Waals surface area (Å²) in [6.07, 6.45) is 11.2. The summed E-state index contributed by atoms with van der Waals surface area (Å²) in [7, 11) is 0. The zero-order chi connectivity index (χ0) is 28.8. The minimum absolute atomic E-state index is 0. The second-order valence-corrected chi connectivity index (χ2v) is 24.2. The largest absolute Gasteiger partial charge is 1.00 e. The first-order chi connectivity index (χ1) is 20.6. The molecule has 2 atom stereocenters. The van der Waals surface area contributed by atoms with Crippen molar-refractivity contribution in [3.05, 3.63) is 129 Å². The van der Waals surface area contributed by atoms with E-state index in [0.717, 1.165) is 12.8 Å². The Balaban J connectivity index is 0.00000192. The van der Waals surface area contributed by atoms with E-state index < -0.39 is 20.3 Å². The molecule has 2 aliphatic carbocycles. The number of benzene rings is 4. The summed E-state index contributed by atoms with van der Waals surface area (Å²) < 4.78 is 4.42. The number of halogens is 2. The molecular weight excluding hydrogens is 655 g/mol. The van der Waals surface area contributed by atoms with Crippen LogP contribution in [0, 0.1) is 0 Å². The third-order valence-corrected chi connectivity index (χ3v) is 26.2. The van der Waals surface area contributed by atoms with Gasteiger partial charge >= 0.3 is 259 Å². The first-order valence-corrected chi connectivity index (χ1v) is 22.8. The van der Waals surface area contributed by atoms with Gasteiger partial charge in [0.05, 0.1) is 0 Å². The van der Waals surface area contributed by atoms with Crippen LogP contribution in [-0.2, 0) is 33.1 Å². The van der Waals surface area contributed by atoms with Gasteiger partial charge in [-0.25, -0.2) is 0 Å². The number of hydrogen-bond acceptors (Lipinski definition) is 0. The van der Waals surface area contributed by atoms with Crippen LogP contribution in [-0.4, -0.2) is 0 Å². The average Bonchev–Trinajstić information content (AvgIpc) is 3.60. The molecule has 44 heavy (non-hydrogen) atoms. The molecule has 0 aromatic heterocycles. The van der Waals surface area contributed by atoms with Crippen molar-refractivity contribution in [2.24, 2.45) is 0 Å². The van der Waals surface area contributed by atoms with Crippen LogP contribution in [0.4, 0.5) is 0 Å². The van der Waals surface area contributed by atoms with Crippen LogP contribution in [0.5, 0.6) is 0 Å². The maximum absolute atomic E-state index is 2.79. The van der Waals surface area contributed by atoms with Gasteiger partial charge in [-0.15, -0.1) is 0 Å². The second-order valence-electron chi connectivity index (χ2n) is 12.8. The zero-order valence-corrected chi connectivity index (χ0v) is 30.6. The van der Waals surface area contributed by atoms with Crippen LogP contribution >= 0.6 is 0 Å². The van der Waals surface area contributed by atoms with Gasteiger partial charge in [-0.3, -0.25) is 0 Å². The third-order valence-electron chi connectivity index (χ3n) is 10.9. The monoisotopic (exact) mass is 696 g/mol. The Bertz CT molecular complexity index is 1570. The van der Waals surface area contributed by atoms with Gasteiger partial charge in [0.25, 0.3) is 0 Å². The first kappa shape index (κ1) is 33.2. The van der Waals surface area contributed by atoms with Crippen molar-refractivity contribution in [1.82, 2.24) is 0 Å². The van der Waals surface area contributed by atoms with Crippen molar-refractivity contribution in [2.45, 2.75) is 75.3 Å². The number of aryl methyl sites for hydroxylation is 2. The smallest absolute Gasteiger partial charge is 1.00 e. The Labute approximate surface area is 282 Å². The predicted octanol–water partition coefficient (Wildman–Crippen LogP) is 5.94. The third kappa shape index (κ3) is 5.36. The minimum atomic E-state index is -2.79. The normalized spacial score (nSPS) is 18.4. The van der Waals surface area contributed by atoms with Crippen molar-refractivity contribution in [1.29, 1.82) is 0 Å². The summed E-state index contributed by atoms with van der Waals surface area (Å²) in [4.78, 5) is 0. The molecule has 1 fully saturated rings. The minimum Gasteiger partial charge on any atom is -1.00 e. The Kier molecular flexibility index (Phi) is 10.3. The van der Waals surface area contributed by atoms with Crippen molar-refractivity contribution in [2.75, 3.05) is 0 Å². The van der Waals surface area contributed by atoms with Gasteiger partial charge in [0.2, 0.25) is 0 Å². The molecule has 0 spiro atoms. The van der Waals surface area contributed by atoms with E-state index in [1.165, 1.54) is 72.0 Å². The summed E-state index contributed by atoms with van der Waals surface area (Å²) in [6.45, 7) is 9.31. The summed E-state index contributed by atoms with van der Waals surface area (Å²) in [5, 5.41) is 0.